The molecule has 23 heavy (non-hydrogen) atoms. The van der Waals surface area contributed by atoms with Crippen LogP contribution in [0.25, 0.3) is 11.3 Å². The number of amides is 1. The van der Waals surface area contributed by atoms with Crippen LogP contribution in [0.3, 0.4) is 0 Å². The minimum Gasteiger partial charge on any atom is -0.379 e. The number of H-pyrrole nitrogens is 1. The maximum atomic E-state index is 14.0. The van der Waals surface area contributed by atoms with Crippen molar-refractivity contribution >= 4 is 5.91 Å². The molecule has 1 aliphatic heterocycles. The number of hydrogen-bond donors (Lipinski definition) is 1. The summed E-state index contributed by atoms with van der Waals surface area (Å²) >= 11 is 0. The Labute approximate surface area is 132 Å². The molecule has 1 aliphatic rings. The molecule has 1 unspecified atom stereocenters. The Morgan fingerprint density at radius 3 is 2.87 bits per heavy atom. The lowest BCUT2D eigenvalue weighted by molar-refractivity contribution is 0.0739. The highest BCUT2D eigenvalue weighted by Crippen LogP contribution is 2.28. The number of benzene rings is 1. The van der Waals surface area contributed by atoms with E-state index in [1.807, 2.05) is 6.92 Å². The van der Waals surface area contributed by atoms with Crippen molar-refractivity contribution in [2.45, 2.75) is 6.92 Å². The van der Waals surface area contributed by atoms with Crippen molar-refractivity contribution in [3.05, 3.63) is 41.6 Å². The molecular weight excluding hydrogens is 304 g/mol. The highest BCUT2D eigenvalue weighted by molar-refractivity contribution is 5.99. The van der Waals surface area contributed by atoms with Crippen LogP contribution in [0.2, 0.25) is 0 Å². The molecule has 1 atom stereocenters. The quantitative estimate of drug-likeness (QED) is 0.924. The Bertz CT molecular complexity index is 697. The van der Waals surface area contributed by atoms with Gasteiger partial charge < -0.3 is 9.64 Å². The summed E-state index contributed by atoms with van der Waals surface area (Å²) in [6.45, 7) is 3.98. The van der Waals surface area contributed by atoms with Crippen LogP contribution in [0.15, 0.2) is 24.4 Å². The Morgan fingerprint density at radius 2 is 2.13 bits per heavy atom. The lowest BCUT2D eigenvalue weighted by atomic mass is 10.1. The van der Waals surface area contributed by atoms with Gasteiger partial charge in [0.05, 0.1) is 36.2 Å². The zero-order chi connectivity index (χ0) is 16.4. The fraction of sp³-hybridized carbons (Fsp3) is 0.375. The standard InChI is InChI=1S/C16H17F2N3O2/c1-10-8-21(5-6-23-9-10)16(22)11-7-19-20-15(11)14-12(17)3-2-4-13(14)18/h2-4,7,10H,5-6,8-9H2,1H3,(H,19,20). The topological polar surface area (TPSA) is 58.2 Å². The van der Waals surface area contributed by atoms with E-state index in [2.05, 4.69) is 10.2 Å². The third-order valence-corrected chi connectivity index (χ3v) is 3.81. The molecule has 1 N–H and O–H groups in total. The molecule has 0 spiro atoms. The molecule has 1 saturated heterocycles. The molecule has 0 aliphatic carbocycles. The van der Waals surface area contributed by atoms with E-state index < -0.39 is 11.6 Å². The Morgan fingerprint density at radius 1 is 1.39 bits per heavy atom. The smallest absolute Gasteiger partial charge is 0.257 e. The largest absolute Gasteiger partial charge is 0.379 e. The lowest BCUT2D eigenvalue weighted by Gasteiger charge is -2.21. The van der Waals surface area contributed by atoms with Crippen molar-refractivity contribution in [2.24, 2.45) is 5.92 Å². The first-order chi connectivity index (χ1) is 11.1. The van der Waals surface area contributed by atoms with Crippen molar-refractivity contribution in [3.63, 3.8) is 0 Å². The molecular formula is C16H17F2N3O2. The summed E-state index contributed by atoms with van der Waals surface area (Å²) in [7, 11) is 0. The van der Waals surface area contributed by atoms with E-state index in [1.54, 1.807) is 4.90 Å². The number of rotatable bonds is 2. The SMILES string of the molecule is CC1COCCN(C(=O)c2cn[nH]c2-c2c(F)cccc2F)C1. The number of carbonyl (C=O) groups excluding carboxylic acids is 1. The average Bonchev–Trinajstić information content (AvgIpc) is 2.88. The lowest BCUT2D eigenvalue weighted by Crippen LogP contribution is -2.35. The first-order valence-corrected chi connectivity index (χ1v) is 7.42. The van der Waals surface area contributed by atoms with Crippen LogP contribution in [0, 0.1) is 17.6 Å². The number of aromatic nitrogens is 2. The van der Waals surface area contributed by atoms with Crippen LogP contribution in [0.5, 0.6) is 0 Å². The summed E-state index contributed by atoms with van der Waals surface area (Å²) in [4.78, 5) is 14.4. The molecule has 7 heteroatoms. The molecule has 2 aromatic rings. The highest BCUT2D eigenvalue weighted by atomic mass is 19.1. The van der Waals surface area contributed by atoms with Gasteiger partial charge in [-0.3, -0.25) is 9.89 Å². The fourth-order valence-electron chi connectivity index (χ4n) is 2.71. The minimum atomic E-state index is -0.740. The van der Waals surface area contributed by atoms with E-state index in [1.165, 1.54) is 12.3 Å². The van der Waals surface area contributed by atoms with Crippen molar-refractivity contribution in [3.8, 4) is 11.3 Å². The van der Waals surface area contributed by atoms with Crippen LogP contribution in [0.1, 0.15) is 17.3 Å². The average molecular weight is 321 g/mol. The van der Waals surface area contributed by atoms with Gasteiger partial charge in [0.15, 0.2) is 0 Å². The summed E-state index contributed by atoms with van der Waals surface area (Å²) in [5, 5.41) is 6.34. The van der Waals surface area contributed by atoms with Gasteiger partial charge in [0.1, 0.15) is 11.6 Å². The molecule has 1 aromatic carbocycles. The second-order valence-corrected chi connectivity index (χ2v) is 5.69. The van der Waals surface area contributed by atoms with E-state index in [0.717, 1.165) is 12.1 Å². The molecule has 3 rings (SSSR count). The van der Waals surface area contributed by atoms with Crippen molar-refractivity contribution in [2.75, 3.05) is 26.3 Å². The first-order valence-electron chi connectivity index (χ1n) is 7.42. The Kier molecular flexibility index (Phi) is 4.38. The van der Waals surface area contributed by atoms with E-state index in [-0.39, 0.29) is 28.6 Å². The van der Waals surface area contributed by atoms with E-state index in [4.69, 9.17) is 4.74 Å². The van der Waals surface area contributed by atoms with E-state index in [0.29, 0.717) is 26.3 Å². The van der Waals surface area contributed by atoms with Gasteiger partial charge in [-0.15, -0.1) is 0 Å². The number of nitrogens with zero attached hydrogens (tertiary/aromatic N) is 2. The number of hydrogen-bond acceptors (Lipinski definition) is 3. The minimum absolute atomic E-state index is 0.0587. The number of carbonyl (C=O) groups is 1. The first kappa shape index (κ1) is 15.6. The van der Waals surface area contributed by atoms with Gasteiger partial charge in [0.25, 0.3) is 5.91 Å². The van der Waals surface area contributed by atoms with Gasteiger partial charge in [0, 0.05) is 13.1 Å². The highest BCUT2D eigenvalue weighted by Gasteiger charge is 2.26. The summed E-state index contributed by atoms with van der Waals surface area (Å²) < 4.78 is 33.4. The van der Waals surface area contributed by atoms with Crippen LogP contribution in [-0.2, 0) is 4.74 Å². The molecule has 0 bridgehead atoms. The summed E-state index contributed by atoms with van der Waals surface area (Å²) in [6, 6.07) is 3.57. The molecule has 1 fully saturated rings. The fourth-order valence-corrected chi connectivity index (χ4v) is 2.71. The maximum Gasteiger partial charge on any atom is 0.257 e. The monoisotopic (exact) mass is 321 g/mol. The number of nitrogens with one attached hydrogen (secondary N) is 1. The number of ether oxygens (including phenoxy) is 1. The normalized spacial score (nSPS) is 18.7. The predicted molar refractivity (Wildman–Crippen MR) is 79.8 cm³/mol. The number of halogens is 2. The molecule has 2 heterocycles. The molecule has 1 aromatic heterocycles. The van der Waals surface area contributed by atoms with Crippen LogP contribution < -0.4 is 0 Å². The second-order valence-electron chi connectivity index (χ2n) is 5.69. The predicted octanol–water partition coefficient (Wildman–Crippen LogP) is 2.46. The van der Waals surface area contributed by atoms with Gasteiger partial charge in [-0.1, -0.05) is 13.0 Å². The zero-order valence-electron chi connectivity index (χ0n) is 12.7. The van der Waals surface area contributed by atoms with E-state index in [9.17, 15) is 13.6 Å². The van der Waals surface area contributed by atoms with Gasteiger partial charge in [0.2, 0.25) is 0 Å². The Hall–Kier alpha value is -2.28. The van der Waals surface area contributed by atoms with E-state index >= 15 is 0 Å². The molecule has 1 amide bonds. The summed E-state index contributed by atoms with van der Waals surface area (Å²) in [5.74, 6) is -1.59. The zero-order valence-corrected chi connectivity index (χ0v) is 12.7. The molecule has 122 valence electrons. The Balaban J connectivity index is 1.96. The van der Waals surface area contributed by atoms with Crippen molar-refractivity contribution in [1.29, 1.82) is 0 Å². The third kappa shape index (κ3) is 3.10. The van der Waals surface area contributed by atoms with Gasteiger partial charge >= 0.3 is 0 Å². The van der Waals surface area contributed by atoms with Gasteiger partial charge in [-0.2, -0.15) is 5.10 Å². The van der Waals surface area contributed by atoms with Crippen LogP contribution >= 0.6 is 0 Å². The van der Waals surface area contributed by atoms with Crippen LogP contribution in [0.4, 0.5) is 8.78 Å². The maximum absolute atomic E-state index is 14.0. The third-order valence-electron chi connectivity index (χ3n) is 3.81. The summed E-state index contributed by atoms with van der Waals surface area (Å²) in [6.07, 6.45) is 1.31. The van der Waals surface area contributed by atoms with Gasteiger partial charge in [-0.05, 0) is 18.1 Å². The molecule has 0 radical (unpaired) electrons. The molecule has 0 saturated carbocycles. The van der Waals surface area contributed by atoms with Crippen molar-refractivity contribution in [1.82, 2.24) is 15.1 Å². The van der Waals surface area contributed by atoms with Crippen molar-refractivity contribution < 1.29 is 18.3 Å². The molecule has 5 nitrogen and oxygen atoms in total. The van der Waals surface area contributed by atoms with Crippen LogP contribution in [-0.4, -0.2) is 47.3 Å². The number of aromatic amines is 1. The second kappa shape index (κ2) is 6.45. The summed E-state index contributed by atoms with van der Waals surface area (Å²) in [5.41, 5.74) is -0.0565. The van der Waals surface area contributed by atoms with Gasteiger partial charge in [-0.25, -0.2) is 8.78 Å².